The number of carbonyl (C=O) groups excluding carboxylic acids is 1. The number of carboxylic acids is 1. The van der Waals surface area contributed by atoms with Crippen LogP contribution < -0.4 is 4.90 Å². The van der Waals surface area contributed by atoms with Gasteiger partial charge in [-0.15, -0.1) is 15.0 Å². The highest BCUT2D eigenvalue weighted by molar-refractivity contribution is 6.06. The molecule has 61 heavy (non-hydrogen) atoms. The van der Waals surface area contributed by atoms with E-state index in [9.17, 15) is 14.7 Å². The van der Waals surface area contributed by atoms with Gasteiger partial charge in [0.05, 0.1) is 17.8 Å². The molecule has 9 rings (SSSR count). The fourth-order valence-corrected chi connectivity index (χ4v) is 7.81. The molecule has 0 saturated carbocycles. The fourth-order valence-electron chi connectivity index (χ4n) is 7.81. The average molecular weight is 795 g/mol. The van der Waals surface area contributed by atoms with Crippen molar-refractivity contribution in [2.45, 2.75) is 12.1 Å². The maximum atomic E-state index is 14.3. The van der Waals surface area contributed by atoms with Gasteiger partial charge in [0, 0.05) is 28.6 Å². The predicted octanol–water partition coefficient (Wildman–Crippen LogP) is 10.5. The first kappa shape index (κ1) is 38.2. The Kier molecular flexibility index (Phi) is 10.6. The Morgan fingerprint density at radius 2 is 1.13 bits per heavy atom. The van der Waals surface area contributed by atoms with Crippen molar-refractivity contribution in [3.63, 3.8) is 0 Å². The zero-order chi connectivity index (χ0) is 41.6. The topological polar surface area (TPSA) is 114 Å². The molecule has 0 aliphatic rings. The van der Waals surface area contributed by atoms with Gasteiger partial charge in [-0.1, -0.05) is 164 Å². The van der Waals surface area contributed by atoms with Gasteiger partial charge in [0.1, 0.15) is 0 Å². The molecule has 0 fully saturated rings. The summed E-state index contributed by atoms with van der Waals surface area (Å²) >= 11 is 0. The Labute approximate surface area is 352 Å². The Balaban J connectivity index is 1.05. The van der Waals surface area contributed by atoms with Crippen LogP contribution >= 0.6 is 0 Å². The number of aromatic nitrogens is 5. The molecule has 294 valence electrons. The molecule has 7 aromatic carbocycles. The normalized spacial score (nSPS) is 11.2. The third-order valence-corrected chi connectivity index (χ3v) is 10.8. The Morgan fingerprint density at radius 3 is 1.72 bits per heavy atom. The molecule has 0 unspecified atom stereocenters. The number of nitrogens with zero attached hydrogens (tertiary/aromatic N) is 6. The maximum absolute atomic E-state index is 14.3. The monoisotopic (exact) mass is 794 g/mol. The van der Waals surface area contributed by atoms with E-state index in [1.807, 2.05) is 133 Å². The largest absolute Gasteiger partial charge is 0.478 e. The first-order valence-electron chi connectivity index (χ1n) is 19.8. The summed E-state index contributed by atoms with van der Waals surface area (Å²) in [5.41, 5.74) is 8.25. The van der Waals surface area contributed by atoms with Crippen LogP contribution in [-0.4, -0.2) is 42.2 Å². The van der Waals surface area contributed by atoms with Crippen molar-refractivity contribution in [1.82, 2.24) is 25.2 Å². The predicted molar refractivity (Wildman–Crippen MR) is 237 cm³/mol. The number of amides is 1. The third-order valence-electron chi connectivity index (χ3n) is 10.8. The van der Waals surface area contributed by atoms with E-state index in [-0.39, 0.29) is 18.0 Å². The van der Waals surface area contributed by atoms with Crippen LogP contribution in [0.15, 0.2) is 212 Å². The molecule has 0 bridgehead atoms. The summed E-state index contributed by atoms with van der Waals surface area (Å²) < 4.78 is 0. The highest BCUT2D eigenvalue weighted by Gasteiger charge is 2.41. The Bertz CT molecular complexity index is 2830. The zero-order valence-corrected chi connectivity index (χ0v) is 32.9. The van der Waals surface area contributed by atoms with Crippen molar-refractivity contribution in [2.75, 3.05) is 4.90 Å². The lowest BCUT2D eigenvalue weighted by Crippen LogP contribution is -2.39. The first-order chi connectivity index (χ1) is 30.0. The molecule has 0 radical (unpaired) electrons. The number of aromatic carboxylic acids is 1. The van der Waals surface area contributed by atoms with Gasteiger partial charge in [0.15, 0.2) is 5.54 Å². The molecular weight excluding hydrogens is 757 g/mol. The highest BCUT2D eigenvalue weighted by Crippen LogP contribution is 2.40. The molecule has 1 amide bonds. The van der Waals surface area contributed by atoms with E-state index in [0.29, 0.717) is 17.1 Å². The van der Waals surface area contributed by atoms with Crippen molar-refractivity contribution in [3.8, 4) is 33.8 Å². The second-order valence-corrected chi connectivity index (χ2v) is 14.5. The maximum Gasteiger partial charge on any atom is 0.335 e. The van der Waals surface area contributed by atoms with Crippen LogP contribution in [-0.2, 0) is 12.1 Å². The van der Waals surface area contributed by atoms with Gasteiger partial charge in [-0.25, -0.2) is 4.79 Å². The summed E-state index contributed by atoms with van der Waals surface area (Å²) in [6.45, 7) is 0.197. The van der Waals surface area contributed by atoms with Crippen LogP contribution in [0, 0.1) is 0 Å². The van der Waals surface area contributed by atoms with Crippen molar-refractivity contribution >= 4 is 17.6 Å². The molecule has 0 atom stereocenters. The molecule has 2 aromatic heterocycles. The minimum atomic E-state index is -1.07. The molecule has 1 N–H and O–H groups in total. The number of pyridine rings is 1. The number of anilines is 1. The van der Waals surface area contributed by atoms with Gasteiger partial charge in [-0.3, -0.25) is 9.78 Å². The molecule has 0 saturated heterocycles. The lowest BCUT2D eigenvalue weighted by atomic mass is 9.77. The summed E-state index contributed by atoms with van der Waals surface area (Å²) in [7, 11) is 0. The lowest BCUT2D eigenvalue weighted by molar-refractivity contribution is 0.0696. The molecule has 0 spiro atoms. The van der Waals surface area contributed by atoms with Crippen LogP contribution in [0.4, 0.5) is 5.69 Å². The molecule has 0 aliphatic heterocycles. The molecule has 9 nitrogen and oxygen atoms in total. The van der Waals surface area contributed by atoms with Gasteiger partial charge in [0.2, 0.25) is 5.82 Å². The second-order valence-electron chi connectivity index (χ2n) is 14.5. The number of tetrazole rings is 1. The molecule has 9 heteroatoms. The van der Waals surface area contributed by atoms with Gasteiger partial charge in [0.25, 0.3) is 5.91 Å². The van der Waals surface area contributed by atoms with E-state index in [2.05, 4.69) is 41.4 Å². The van der Waals surface area contributed by atoms with Crippen LogP contribution in [0.5, 0.6) is 0 Å². The SMILES string of the molecule is O=C(O)c1cccc(N(Cc2ccc(-c3ccccc3-c3nnn(C(c4ccccc4)(c4ccccc4)c4ccccc4)n3)cc2)C(=O)c2ccc(-c3ccccn3)cc2)c1. The average Bonchev–Trinajstić information content (AvgIpc) is 3.83. The van der Waals surface area contributed by atoms with Crippen molar-refractivity contribution in [3.05, 3.63) is 246 Å². The van der Waals surface area contributed by atoms with Gasteiger partial charge in [-0.2, -0.15) is 0 Å². The Hall–Kier alpha value is -8.30. The van der Waals surface area contributed by atoms with E-state index in [4.69, 9.17) is 15.4 Å². The number of rotatable bonds is 12. The summed E-state index contributed by atoms with van der Waals surface area (Å²) in [6.07, 6.45) is 1.73. The number of hydrogen-bond acceptors (Lipinski definition) is 6. The smallest absolute Gasteiger partial charge is 0.335 e. The fraction of sp³-hybridized carbons (Fsp3) is 0.0385. The van der Waals surface area contributed by atoms with Gasteiger partial charge >= 0.3 is 5.97 Å². The number of carbonyl (C=O) groups is 2. The summed E-state index contributed by atoms with van der Waals surface area (Å²) in [6, 6.07) is 66.1. The molecular formula is C52H38N6O3. The minimum Gasteiger partial charge on any atom is -0.478 e. The quantitative estimate of drug-likeness (QED) is 0.123. The third kappa shape index (κ3) is 7.59. The number of benzene rings is 7. The molecule has 9 aromatic rings. The summed E-state index contributed by atoms with van der Waals surface area (Å²) in [5, 5.41) is 24.4. The van der Waals surface area contributed by atoms with E-state index in [0.717, 1.165) is 50.2 Å². The minimum absolute atomic E-state index is 0.0897. The van der Waals surface area contributed by atoms with Crippen LogP contribution in [0.1, 0.15) is 43.0 Å². The number of carboxylic acid groups (broad SMARTS) is 1. The molecule has 2 heterocycles. The standard InChI is InChI=1S/C52H38N6O3/c59-50(40-32-30-39(31-33-40)48-25-12-13-34-53-48)57(45-22-14-15-41(35-45)51(60)61)36-37-26-28-38(29-27-37)46-23-10-11-24-47(46)49-54-56-58(55-49)52(42-16-4-1-5-17-42,43-18-6-2-7-19-43)44-20-8-3-9-21-44/h1-35H,36H2,(H,60,61). The lowest BCUT2D eigenvalue weighted by Gasteiger charge is -2.34. The van der Waals surface area contributed by atoms with E-state index in [1.54, 1.807) is 40.2 Å². The van der Waals surface area contributed by atoms with E-state index < -0.39 is 11.5 Å². The van der Waals surface area contributed by atoms with Gasteiger partial charge < -0.3 is 10.0 Å². The van der Waals surface area contributed by atoms with Gasteiger partial charge in [-0.05, 0) is 81.1 Å². The van der Waals surface area contributed by atoms with Crippen molar-refractivity contribution < 1.29 is 14.7 Å². The second kappa shape index (κ2) is 16.9. The summed E-state index contributed by atoms with van der Waals surface area (Å²) in [5.74, 6) is -0.871. The zero-order valence-electron chi connectivity index (χ0n) is 32.9. The first-order valence-corrected chi connectivity index (χ1v) is 19.8. The van der Waals surface area contributed by atoms with Crippen LogP contribution in [0.25, 0.3) is 33.8 Å². The van der Waals surface area contributed by atoms with E-state index >= 15 is 0 Å². The highest BCUT2D eigenvalue weighted by atomic mass is 16.4. The van der Waals surface area contributed by atoms with Crippen molar-refractivity contribution in [2.24, 2.45) is 0 Å². The number of hydrogen-bond donors (Lipinski definition) is 1. The Morgan fingerprint density at radius 1 is 0.557 bits per heavy atom. The van der Waals surface area contributed by atoms with Crippen LogP contribution in [0.2, 0.25) is 0 Å². The summed E-state index contributed by atoms with van der Waals surface area (Å²) in [4.78, 5) is 34.0. The van der Waals surface area contributed by atoms with Crippen LogP contribution in [0.3, 0.4) is 0 Å². The van der Waals surface area contributed by atoms with Crippen molar-refractivity contribution in [1.29, 1.82) is 0 Å². The molecule has 0 aliphatic carbocycles. The van der Waals surface area contributed by atoms with E-state index in [1.165, 1.54) is 12.1 Å².